The SMILES string of the molecule is Clc1ccccc1NCCSc1ccc(Br)cc1. The standard InChI is InChI=1S/C14H13BrClNS/c15-11-5-7-12(8-6-11)18-10-9-17-14-4-2-1-3-13(14)16/h1-8,17H,9-10H2. The number of hydrogen-bond donors (Lipinski definition) is 1. The van der Waals surface area contributed by atoms with E-state index in [9.17, 15) is 0 Å². The maximum atomic E-state index is 6.06. The smallest absolute Gasteiger partial charge is 0.0637 e. The lowest BCUT2D eigenvalue weighted by Crippen LogP contribution is -2.04. The number of halogens is 2. The van der Waals surface area contributed by atoms with Crippen molar-refractivity contribution < 1.29 is 0 Å². The van der Waals surface area contributed by atoms with Crippen LogP contribution in [0.5, 0.6) is 0 Å². The third-order valence-corrected chi connectivity index (χ3v) is 4.25. The van der Waals surface area contributed by atoms with E-state index in [0.717, 1.165) is 27.5 Å². The molecule has 18 heavy (non-hydrogen) atoms. The first-order valence-corrected chi connectivity index (χ1v) is 7.78. The molecule has 4 heteroatoms. The predicted molar refractivity (Wildman–Crippen MR) is 84.8 cm³/mol. The number of anilines is 1. The van der Waals surface area contributed by atoms with Crippen LogP contribution in [0.4, 0.5) is 5.69 Å². The average Bonchev–Trinajstić information content (AvgIpc) is 2.39. The quantitative estimate of drug-likeness (QED) is 0.584. The lowest BCUT2D eigenvalue weighted by atomic mass is 10.3. The van der Waals surface area contributed by atoms with Crippen LogP contribution < -0.4 is 5.32 Å². The minimum Gasteiger partial charge on any atom is -0.383 e. The monoisotopic (exact) mass is 341 g/mol. The number of nitrogens with one attached hydrogen (secondary N) is 1. The van der Waals surface area contributed by atoms with E-state index >= 15 is 0 Å². The van der Waals surface area contributed by atoms with Crippen LogP contribution in [0.25, 0.3) is 0 Å². The maximum absolute atomic E-state index is 6.06. The van der Waals surface area contributed by atoms with Gasteiger partial charge in [-0.05, 0) is 36.4 Å². The van der Waals surface area contributed by atoms with Crippen molar-refractivity contribution in [3.05, 3.63) is 58.0 Å². The Hall–Kier alpha value is -0.640. The summed E-state index contributed by atoms with van der Waals surface area (Å²) in [7, 11) is 0. The number of hydrogen-bond acceptors (Lipinski definition) is 2. The van der Waals surface area contributed by atoms with Gasteiger partial charge in [-0.2, -0.15) is 0 Å². The Kier molecular flexibility index (Phi) is 5.42. The fourth-order valence-corrected chi connectivity index (χ4v) is 2.73. The molecule has 0 saturated carbocycles. The van der Waals surface area contributed by atoms with Crippen LogP contribution >= 0.6 is 39.3 Å². The van der Waals surface area contributed by atoms with Gasteiger partial charge in [0, 0.05) is 21.7 Å². The molecule has 0 saturated heterocycles. The van der Waals surface area contributed by atoms with E-state index < -0.39 is 0 Å². The second kappa shape index (κ2) is 7.07. The molecule has 0 bridgehead atoms. The van der Waals surface area contributed by atoms with Gasteiger partial charge in [0.15, 0.2) is 0 Å². The molecule has 0 unspecified atom stereocenters. The summed E-state index contributed by atoms with van der Waals surface area (Å²) in [6.45, 7) is 0.893. The molecule has 94 valence electrons. The highest BCUT2D eigenvalue weighted by Crippen LogP contribution is 2.22. The first-order valence-electron chi connectivity index (χ1n) is 5.62. The maximum Gasteiger partial charge on any atom is 0.0637 e. The summed E-state index contributed by atoms with van der Waals surface area (Å²) in [5.74, 6) is 1.01. The van der Waals surface area contributed by atoms with Crippen molar-refractivity contribution in [2.45, 2.75) is 4.90 Å². The largest absolute Gasteiger partial charge is 0.383 e. The topological polar surface area (TPSA) is 12.0 Å². The van der Waals surface area contributed by atoms with Crippen LogP contribution in [0.3, 0.4) is 0 Å². The van der Waals surface area contributed by atoms with Crippen LogP contribution in [0.1, 0.15) is 0 Å². The van der Waals surface area contributed by atoms with E-state index in [2.05, 4.69) is 45.5 Å². The van der Waals surface area contributed by atoms with Crippen LogP contribution in [-0.4, -0.2) is 12.3 Å². The number of rotatable bonds is 5. The van der Waals surface area contributed by atoms with Gasteiger partial charge in [0.1, 0.15) is 0 Å². The van der Waals surface area contributed by atoms with Gasteiger partial charge in [0.05, 0.1) is 10.7 Å². The van der Waals surface area contributed by atoms with Crippen molar-refractivity contribution in [2.75, 3.05) is 17.6 Å². The molecule has 0 fully saturated rings. The molecule has 0 amide bonds. The second-order valence-corrected chi connectivity index (χ2v) is 6.20. The zero-order chi connectivity index (χ0) is 12.8. The highest BCUT2D eigenvalue weighted by Gasteiger charge is 1.98. The Morgan fingerprint density at radius 1 is 1.06 bits per heavy atom. The first kappa shape index (κ1) is 13.8. The van der Waals surface area contributed by atoms with Gasteiger partial charge in [-0.25, -0.2) is 0 Å². The third-order valence-electron chi connectivity index (χ3n) is 2.37. The molecular weight excluding hydrogens is 330 g/mol. The molecule has 1 N–H and O–H groups in total. The molecule has 2 aromatic rings. The third kappa shape index (κ3) is 4.23. The fraction of sp³-hybridized carbons (Fsp3) is 0.143. The number of para-hydroxylation sites is 1. The van der Waals surface area contributed by atoms with E-state index in [1.807, 2.05) is 36.0 Å². The van der Waals surface area contributed by atoms with Crippen LogP contribution in [-0.2, 0) is 0 Å². The Morgan fingerprint density at radius 2 is 1.78 bits per heavy atom. The minimum absolute atomic E-state index is 0.770. The van der Waals surface area contributed by atoms with Gasteiger partial charge >= 0.3 is 0 Å². The van der Waals surface area contributed by atoms with E-state index in [0.29, 0.717) is 0 Å². The van der Waals surface area contributed by atoms with Gasteiger partial charge in [-0.15, -0.1) is 11.8 Å². The van der Waals surface area contributed by atoms with Crippen molar-refractivity contribution in [3.63, 3.8) is 0 Å². The molecule has 2 aromatic carbocycles. The van der Waals surface area contributed by atoms with Crippen LogP contribution in [0.15, 0.2) is 57.9 Å². The first-order chi connectivity index (χ1) is 8.75. The molecule has 0 aliphatic carbocycles. The lowest BCUT2D eigenvalue weighted by Gasteiger charge is -2.07. The summed E-state index contributed by atoms with van der Waals surface area (Å²) in [5.41, 5.74) is 0.996. The van der Waals surface area contributed by atoms with Gasteiger partial charge in [-0.3, -0.25) is 0 Å². The van der Waals surface area contributed by atoms with Crippen LogP contribution in [0, 0.1) is 0 Å². The Bertz CT molecular complexity index is 501. The van der Waals surface area contributed by atoms with Crippen molar-refractivity contribution in [2.24, 2.45) is 0 Å². The minimum atomic E-state index is 0.770. The van der Waals surface area contributed by atoms with Crippen molar-refractivity contribution >= 4 is 45.0 Å². The predicted octanol–water partition coefficient (Wildman–Crippen LogP) is 5.31. The molecule has 2 rings (SSSR count). The lowest BCUT2D eigenvalue weighted by molar-refractivity contribution is 1.22. The average molecular weight is 343 g/mol. The molecule has 0 heterocycles. The molecule has 0 spiro atoms. The highest BCUT2D eigenvalue weighted by molar-refractivity contribution is 9.10. The van der Waals surface area contributed by atoms with E-state index in [1.165, 1.54) is 4.90 Å². The molecular formula is C14H13BrClNS. The highest BCUT2D eigenvalue weighted by atomic mass is 79.9. The summed E-state index contributed by atoms with van der Waals surface area (Å²) in [6, 6.07) is 16.2. The molecule has 0 atom stereocenters. The number of benzene rings is 2. The van der Waals surface area contributed by atoms with Gasteiger partial charge in [0.2, 0.25) is 0 Å². The van der Waals surface area contributed by atoms with Crippen LogP contribution in [0.2, 0.25) is 5.02 Å². The summed E-state index contributed by atoms with van der Waals surface area (Å²) in [4.78, 5) is 1.28. The van der Waals surface area contributed by atoms with E-state index in [-0.39, 0.29) is 0 Å². The van der Waals surface area contributed by atoms with E-state index in [4.69, 9.17) is 11.6 Å². The molecule has 0 aliphatic heterocycles. The van der Waals surface area contributed by atoms with Gasteiger partial charge < -0.3 is 5.32 Å². The summed E-state index contributed by atoms with van der Waals surface area (Å²) >= 11 is 11.3. The van der Waals surface area contributed by atoms with Crippen molar-refractivity contribution in [3.8, 4) is 0 Å². The Labute approximate surface area is 125 Å². The zero-order valence-corrected chi connectivity index (χ0v) is 12.9. The van der Waals surface area contributed by atoms with Crippen molar-refractivity contribution in [1.29, 1.82) is 0 Å². The fourth-order valence-electron chi connectivity index (χ4n) is 1.49. The summed E-state index contributed by atoms with van der Waals surface area (Å²) in [6.07, 6.45) is 0. The van der Waals surface area contributed by atoms with Gasteiger partial charge in [0.25, 0.3) is 0 Å². The van der Waals surface area contributed by atoms with Crippen molar-refractivity contribution in [1.82, 2.24) is 0 Å². The molecule has 0 aromatic heterocycles. The Balaban J connectivity index is 1.76. The Morgan fingerprint density at radius 3 is 2.50 bits per heavy atom. The molecule has 0 aliphatic rings. The number of thioether (sulfide) groups is 1. The summed E-state index contributed by atoms with van der Waals surface area (Å²) < 4.78 is 1.11. The van der Waals surface area contributed by atoms with E-state index in [1.54, 1.807) is 0 Å². The zero-order valence-electron chi connectivity index (χ0n) is 9.70. The second-order valence-electron chi connectivity index (χ2n) is 3.71. The molecule has 1 nitrogen and oxygen atoms in total. The van der Waals surface area contributed by atoms with Gasteiger partial charge in [-0.1, -0.05) is 39.7 Å². The normalized spacial score (nSPS) is 10.3. The summed E-state index contributed by atoms with van der Waals surface area (Å²) in [5, 5.41) is 4.10. The molecule has 0 radical (unpaired) electrons.